The summed E-state index contributed by atoms with van der Waals surface area (Å²) in [6.07, 6.45) is 13.5. The maximum Gasteiger partial charge on any atom is 0.0223 e. The maximum absolute atomic E-state index is 6.07. The van der Waals surface area contributed by atoms with Gasteiger partial charge in [0, 0.05) is 24.2 Å². The fraction of sp³-hybridized carbons (Fsp3) is 1.00. The molecule has 4 bridgehead atoms. The highest BCUT2D eigenvalue weighted by molar-refractivity contribution is 5.10. The first-order chi connectivity index (χ1) is 9.20. The summed E-state index contributed by atoms with van der Waals surface area (Å²) in [5, 5.41) is 0. The van der Waals surface area contributed by atoms with Crippen molar-refractivity contribution in [2.24, 2.45) is 23.5 Å². The van der Waals surface area contributed by atoms with Gasteiger partial charge in [0.15, 0.2) is 0 Å². The fourth-order valence-corrected chi connectivity index (χ4v) is 6.37. The Kier molecular flexibility index (Phi) is 2.97. The van der Waals surface area contributed by atoms with Crippen LogP contribution in [-0.4, -0.2) is 29.1 Å². The van der Waals surface area contributed by atoms with Gasteiger partial charge in [-0.25, -0.2) is 0 Å². The topological polar surface area (TPSA) is 29.3 Å². The monoisotopic (exact) mass is 262 g/mol. The molecule has 0 aliphatic heterocycles. The molecule has 0 aromatic rings. The van der Waals surface area contributed by atoms with Gasteiger partial charge in [-0.05, 0) is 76.0 Å². The Bertz CT molecular complexity index is 307. The zero-order valence-corrected chi connectivity index (χ0v) is 12.5. The molecule has 0 radical (unpaired) electrons. The van der Waals surface area contributed by atoms with Crippen molar-refractivity contribution in [2.45, 2.75) is 82.3 Å². The molecule has 5 aliphatic rings. The van der Waals surface area contributed by atoms with Crippen LogP contribution in [0, 0.1) is 17.8 Å². The van der Waals surface area contributed by atoms with Crippen molar-refractivity contribution in [1.82, 2.24) is 4.90 Å². The minimum atomic E-state index is 0.568. The lowest BCUT2D eigenvalue weighted by Crippen LogP contribution is -2.66. The van der Waals surface area contributed by atoms with Crippen LogP contribution in [0.3, 0.4) is 0 Å². The van der Waals surface area contributed by atoms with Gasteiger partial charge in [-0.15, -0.1) is 0 Å². The summed E-state index contributed by atoms with van der Waals surface area (Å²) < 4.78 is 0. The molecule has 2 heteroatoms. The van der Waals surface area contributed by atoms with Crippen LogP contribution in [0.25, 0.3) is 0 Å². The molecule has 1 atom stereocenters. The highest BCUT2D eigenvalue weighted by Crippen LogP contribution is 2.59. The minimum absolute atomic E-state index is 0.568. The molecule has 5 saturated carbocycles. The first-order valence-electron chi connectivity index (χ1n) is 8.69. The van der Waals surface area contributed by atoms with Gasteiger partial charge in [0.25, 0.3) is 0 Å². The molecular weight excluding hydrogens is 232 g/mol. The molecule has 5 rings (SSSR count). The average Bonchev–Trinajstić information content (AvgIpc) is 2.30. The average molecular weight is 262 g/mol. The molecular formula is C17H30N2. The molecule has 5 fully saturated rings. The molecule has 5 aliphatic carbocycles. The van der Waals surface area contributed by atoms with Crippen molar-refractivity contribution >= 4 is 0 Å². The molecule has 0 heterocycles. The van der Waals surface area contributed by atoms with Crippen molar-refractivity contribution in [3.05, 3.63) is 0 Å². The Labute approximate surface area is 118 Å². The van der Waals surface area contributed by atoms with Crippen LogP contribution >= 0.6 is 0 Å². The van der Waals surface area contributed by atoms with E-state index in [0.29, 0.717) is 11.6 Å². The maximum atomic E-state index is 6.07. The smallest absolute Gasteiger partial charge is 0.0223 e. The van der Waals surface area contributed by atoms with Crippen molar-refractivity contribution < 1.29 is 0 Å². The quantitative estimate of drug-likeness (QED) is 0.843. The first kappa shape index (κ1) is 12.6. The number of rotatable bonds is 4. The van der Waals surface area contributed by atoms with Crippen molar-refractivity contribution in [2.75, 3.05) is 6.54 Å². The van der Waals surface area contributed by atoms with Crippen LogP contribution in [0.1, 0.15) is 64.7 Å². The lowest BCUT2D eigenvalue weighted by Gasteiger charge is -2.64. The molecule has 0 saturated heterocycles. The van der Waals surface area contributed by atoms with Gasteiger partial charge in [-0.2, -0.15) is 0 Å². The van der Waals surface area contributed by atoms with Crippen LogP contribution in [0.5, 0.6) is 0 Å². The van der Waals surface area contributed by atoms with Crippen molar-refractivity contribution in [1.29, 1.82) is 0 Å². The van der Waals surface area contributed by atoms with E-state index >= 15 is 0 Å². The lowest BCUT2D eigenvalue weighted by atomic mass is 9.52. The van der Waals surface area contributed by atoms with E-state index in [1.165, 1.54) is 38.5 Å². The number of nitrogens with zero attached hydrogens (tertiary/aromatic N) is 1. The summed E-state index contributed by atoms with van der Waals surface area (Å²) in [7, 11) is 0. The summed E-state index contributed by atoms with van der Waals surface area (Å²) in [6, 6.07) is 1.47. The third-order valence-electron chi connectivity index (χ3n) is 6.84. The summed E-state index contributed by atoms with van der Waals surface area (Å²) in [4.78, 5) is 2.95. The van der Waals surface area contributed by atoms with Gasteiger partial charge in [0.1, 0.15) is 0 Å². The van der Waals surface area contributed by atoms with Gasteiger partial charge >= 0.3 is 0 Å². The SMILES string of the molecule is CC(CN)N(C1CCC1)C12CC3CC(CC(C3)C1)C2. The largest absolute Gasteiger partial charge is 0.329 e. The highest BCUT2D eigenvalue weighted by atomic mass is 15.3. The van der Waals surface area contributed by atoms with E-state index in [0.717, 1.165) is 30.3 Å². The van der Waals surface area contributed by atoms with E-state index < -0.39 is 0 Å². The van der Waals surface area contributed by atoms with Gasteiger partial charge in [-0.3, -0.25) is 4.90 Å². The third-order valence-corrected chi connectivity index (χ3v) is 6.84. The van der Waals surface area contributed by atoms with Gasteiger partial charge in [0.05, 0.1) is 0 Å². The second-order valence-electron chi connectivity index (χ2n) is 8.22. The van der Waals surface area contributed by atoms with Gasteiger partial charge in [-0.1, -0.05) is 6.42 Å². The molecule has 2 N–H and O–H groups in total. The molecule has 0 aromatic carbocycles. The van der Waals surface area contributed by atoms with Crippen molar-refractivity contribution in [3.63, 3.8) is 0 Å². The summed E-state index contributed by atoms with van der Waals surface area (Å²) in [5.74, 6) is 3.16. The van der Waals surface area contributed by atoms with Crippen LogP contribution < -0.4 is 5.73 Å². The Morgan fingerprint density at radius 2 is 1.58 bits per heavy atom. The van der Waals surface area contributed by atoms with E-state index in [2.05, 4.69) is 11.8 Å². The first-order valence-corrected chi connectivity index (χ1v) is 8.69. The van der Waals surface area contributed by atoms with Gasteiger partial charge < -0.3 is 5.73 Å². The van der Waals surface area contributed by atoms with Crippen LogP contribution in [0.2, 0.25) is 0 Å². The van der Waals surface area contributed by atoms with E-state index in [-0.39, 0.29) is 0 Å². The van der Waals surface area contributed by atoms with Crippen LogP contribution in [0.15, 0.2) is 0 Å². The second kappa shape index (κ2) is 4.46. The third kappa shape index (κ3) is 1.90. The molecule has 2 nitrogen and oxygen atoms in total. The zero-order chi connectivity index (χ0) is 13.0. The normalized spacial score (nSPS) is 46.6. The number of hydrogen-bond acceptors (Lipinski definition) is 2. The molecule has 0 amide bonds. The molecule has 19 heavy (non-hydrogen) atoms. The molecule has 0 spiro atoms. The minimum Gasteiger partial charge on any atom is -0.329 e. The van der Waals surface area contributed by atoms with Crippen molar-refractivity contribution in [3.8, 4) is 0 Å². The summed E-state index contributed by atoms with van der Waals surface area (Å²) in [5.41, 5.74) is 6.63. The zero-order valence-electron chi connectivity index (χ0n) is 12.5. The van der Waals surface area contributed by atoms with E-state index in [1.54, 1.807) is 19.3 Å². The fourth-order valence-electron chi connectivity index (χ4n) is 6.37. The summed E-state index contributed by atoms with van der Waals surface area (Å²) in [6.45, 7) is 3.23. The Hall–Kier alpha value is -0.0800. The molecule has 108 valence electrons. The lowest BCUT2D eigenvalue weighted by molar-refractivity contribution is -0.129. The highest BCUT2D eigenvalue weighted by Gasteiger charge is 2.55. The van der Waals surface area contributed by atoms with Crippen LogP contribution in [0.4, 0.5) is 0 Å². The van der Waals surface area contributed by atoms with E-state index in [4.69, 9.17) is 5.73 Å². The summed E-state index contributed by atoms with van der Waals surface area (Å²) >= 11 is 0. The Balaban J connectivity index is 1.64. The van der Waals surface area contributed by atoms with E-state index in [1.807, 2.05) is 0 Å². The number of nitrogens with two attached hydrogens (primary N) is 1. The predicted octanol–water partition coefficient (Wildman–Crippen LogP) is 3.16. The standard InChI is InChI=1S/C17H30N2/c1-12(11-18)19(16-3-2-4-16)17-8-13-5-14(9-17)7-15(6-13)10-17/h12-16H,2-11,18H2,1H3. The Morgan fingerprint density at radius 3 is 1.95 bits per heavy atom. The molecule has 0 aromatic heterocycles. The van der Waals surface area contributed by atoms with Gasteiger partial charge in [0.2, 0.25) is 0 Å². The van der Waals surface area contributed by atoms with Crippen LogP contribution in [-0.2, 0) is 0 Å². The van der Waals surface area contributed by atoms with E-state index in [9.17, 15) is 0 Å². The number of hydrogen-bond donors (Lipinski definition) is 1. The Morgan fingerprint density at radius 1 is 1.05 bits per heavy atom. The predicted molar refractivity (Wildman–Crippen MR) is 78.9 cm³/mol. The second-order valence-corrected chi connectivity index (χ2v) is 8.22. The molecule has 1 unspecified atom stereocenters.